The number of rotatable bonds is 2. The summed E-state index contributed by atoms with van der Waals surface area (Å²) in [6, 6.07) is 4.55. The Hall–Kier alpha value is -2.61. The Balaban J connectivity index is 2.16. The Bertz CT molecular complexity index is 837. The topological polar surface area (TPSA) is 94.2 Å². The van der Waals surface area contributed by atoms with Crippen LogP contribution in [0.4, 0.5) is 10.5 Å². The number of hydrogen-bond acceptors (Lipinski definition) is 5. The molecule has 0 aliphatic carbocycles. The minimum absolute atomic E-state index is 0.0204. The monoisotopic (exact) mass is 303 g/mol. The standard InChI is InChI=1S/C13H9N3O4S/c1-15-6-7(4-11-12(17)14-13(18)21-11)9-5-8(16(19)20)2-3-10(9)15/h2-6H,1H3,(H,14,17,18)/b11-4-. The van der Waals surface area contributed by atoms with Gasteiger partial charge in [-0.25, -0.2) is 0 Å². The van der Waals surface area contributed by atoms with Crippen molar-refractivity contribution in [3.63, 3.8) is 0 Å². The molecule has 1 fully saturated rings. The van der Waals surface area contributed by atoms with Crippen LogP contribution in [0.25, 0.3) is 17.0 Å². The van der Waals surface area contributed by atoms with Gasteiger partial charge in [-0.2, -0.15) is 0 Å². The van der Waals surface area contributed by atoms with E-state index in [1.165, 1.54) is 12.1 Å². The third-order valence-electron chi connectivity index (χ3n) is 3.14. The Morgan fingerprint density at radius 1 is 1.38 bits per heavy atom. The highest BCUT2D eigenvalue weighted by Gasteiger charge is 2.25. The zero-order valence-electron chi connectivity index (χ0n) is 10.8. The predicted octanol–water partition coefficient (Wildman–Crippen LogP) is 2.41. The average Bonchev–Trinajstić information content (AvgIpc) is 2.90. The third kappa shape index (κ3) is 2.29. The number of nitro groups is 1. The zero-order chi connectivity index (χ0) is 15.1. The van der Waals surface area contributed by atoms with E-state index >= 15 is 0 Å². The van der Waals surface area contributed by atoms with E-state index in [4.69, 9.17) is 0 Å². The molecule has 2 amide bonds. The maximum Gasteiger partial charge on any atom is 0.290 e. The lowest BCUT2D eigenvalue weighted by Gasteiger charge is -1.96. The predicted molar refractivity (Wildman–Crippen MR) is 78.7 cm³/mol. The van der Waals surface area contributed by atoms with Crippen LogP contribution < -0.4 is 5.32 Å². The highest BCUT2D eigenvalue weighted by atomic mass is 32.2. The van der Waals surface area contributed by atoms with Crippen LogP contribution in [-0.2, 0) is 11.8 Å². The summed E-state index contributed by atoms with van der Waals surface area (Å²) in [6.07, 6.45) is 3.33. The summed E-state index contributed by atoms with van der Waals surface area (Å²) in [5, 5.41) is 13.3. The van der Waals surface area contributed by atoms with Crippen molar-refractivity contribution in [2.45, 2.75) is 0 Å². The van der Waals surface area contributed by atoms with E-state index in [-0.39, 0.29) is 10.6 Å². The van der Waals surface area contributed by atoms with Crippen LogP contribution in [0.15, 0.2) is 29.3 Å². The van der Waals surface area contributed by atoms with Gasteiger partial charge in [0.1, 0.15) is 0 Å². The van der Waals surface area contributed by atoms with E-state index in [1.807, 2.05) is 11.6 Å². The molecular weight excluding hydrogens is 294 g/mol. The highest BCUT2D eigenvalue weighted by Crippen LogP contribution is 2.31. The molecular formula is C13H9N3O4S. The fourth-order valence-electron chi connectivity index (χ4n) is 2.20. The van der Waals surface area contributed by atoms with Crippen LogP contribution in [0, 0.1) is 10.1 Å². The van der Waals surface area contributed by atoms with Crippen molar-refractivity contribution in [2.24, 2.45) is 7.05 Å². The minimum Gasteiger partial charge on any atom is -0.350 e. The molecule has 1 saturated heterocycles. The first-order valence-electron chi connectivity index (χ1n) is 5.94. The first-order chi connectivity index (χ1) is 9.95. The number of carbonyl (C=O) groups excluding carboxylic acids is 2. The fourth-order valence-corrected chi connectivity index (χ4v) is 2.87. The van der Waals surface area contributed by atoms with Crippen LogP contribution in [0.1, 0.15) is 5.56 Å². The molecule has 1 aromatic carbocycles. The molecule has 1 N–H and O–H groups in total. The largest absolute Gasteiger partial charge is 0.350 e. The molecule has 0 radical (unpaired) electrons. The van der Waals surface area contributed by atoms with E-state index in [1.54, 1.807) is 18.3 Å². The van der Waals surface area contributed by atoms with Gasteiger partial charge in [-0.1, -0.05) is 0 Å². The summed E-state index contributed by atoms with van der Waals surface area (Å²) in [5.74, 6) is -0.451. The average molecular weight is 303 g/mol. The number of non-ortho nitro benzene ring substituents is 1. The molecule has 106 valence electrons. The number of nitrogens with one attached hydrogen (secondary N) is 1. The summed E-state index contributed by atoms with van der Waals surface area (Å²) in [6.45, 7) is 0. The van der Waals surface area contributed by atoms with Crippen molar-refractivity contribution in [3.05, 3.63) is 45.0 Å². The Labute approximate surface area is 122 Å². The van der Waals surface area contributed by atoms with Gasteiger partial charge < -0.3 is 4.57 Å². The molecule has 0 atom stereocenters. The molecule has 8 heteroatoms. The molecule has 0 spiro atoms. The van der Waals surface area contributed by atoms with Crippen molar-refractivity contribution in [1.82, 2.24) is 9.88 Å². The molecule has 2 aromatic rings. The summed E-state index contributed by atoms with van der Waals surface area (Å²) in [4.78, 5) is 33.4. The first-order valence-corrected chi connectivity index (χ1v) is 6.75. The van der Waals surface area contributed by atoms with Gasteiger partial charge >= 0.3 is 0 Å². The molecule has 7 nitrogen and oxygen atoms in total. The number of aryl methyl sites for hydroxylation is 1. The molecule has 21 heavy (non-hydrogen) atoms. The van der Waals surface area contributed by atoms with Crippen molar-refractivity contribution in [1.29, 1.82) is 0 Å². The number of nitrogens with zero attached hydrogens (tertiary/aromatic N) is 2. The first kappa shape index (κ1) is 13.4. The van der Waals surface area contributed by atoms with Crippen molar-refractivity contribution >= 4 is 45.6 Å². The van der Waals surface area contributed by atoms with Gasteiger partial charge in [0.25, 0.3) is 16.8 Å². The Morgan fingerprint density at radius 2 is 2.14 bits per heavy atom. The quantitative estimate of drug-likeness (QED) is 0.522. The minimum atomic E-state index is -0.468. The maximum absolute atomic E-state index is 11.6. The number of aromatic nitrogens is 1. The van der Waals surface area contributed by atoms with Gasteiger partial charge in [0, 0.05) is 41.8 Å². The summed E-state index contributed by atoms with van der Waals surface area (Å²) >= 11 is 0.815. The summed E-state index contributed by atoms with van der Waals surface area (Å²) in [7, 11) is 1.81. The van der Waals surface area contributed by atoms with Gasteiger partial charge in [-0.3, -0.25) is 25.0 Å². The van der Waals surface area contributed by atoms with Crippen LogP contribution >= 0.6 is 11.8 Å². The highest BCUT2D eigenvalue weighted by molar-refractivity contribution is 8.18. The molecule has 0 saturated carbocycles. The summed E-state index contributed by atoms with van der Waals surface area (Å²) < 4.78 is 1.81. The number of benzene rings is 1. The van der Waals surface area contributed by atoms with E-state index in [2.05, 4.69) is 5.32 Å². The number of hydrogen-bond donors (Lipinski definition) is 1. The smallest absolute Gasteiger partial charge is 0.290 e. The molecule has 0 bridgehead atoms. The van der Waals surface area contributed by atoms with Gasteiger partial charge in [0.15, 0.2) is 0 Å². The molecule has 3 rings (SSSR count). The molecule has 0 unspecified atom stereocenters. The van der Waals surface area contributed by atoms with Crippen molar-refractivity contribution in [3.8, 4) is 0 Å². The van der Waals surface area contributed by atoms with Gasteiger partial charge in [0.2, 0.25) is 0 Å². The molecule has 1 aliphatic rings. The van der Waals surface area contributed by atoms with Crippen LogP contribution in [0.5, 0.6) is 0 Å². The van der Waals surface area contributed by atoms with E-state index in [9.17, 15) is 19.7 Å². The van der Waals surface area contributed by atoms with Crippen molar-refractivity contribution in [2.75, 3.05) is 0 Å². The van der Waals surface area contributed by atoms with Crippen molar-refractivity contribution < 1.29 is 14.5 Å². The number of nitro benzene ring substituents is 1. The third-order valence-corrected chi connectivity index (χ3v) is 3.95. The number of fused-ring (bicyclic) bond motifs is 1. The molecule has 1 aliphatic heterocycles. The number of carbonyl (C=O) groups is 2. The van der Waals surface area contributed by atoms with Gasteiger partial charge in [0.05, 0.1) is 9.83 Å². The lowest BCUT2D eigenvalue weighted by molar-refractivity contribution is -0.384. The summed E-state index contributed by atoms with van der Waals surface area (Å²) in [5.41, 5.74) is 1.44. The number of imide groups is 1. The number of amides is 2. The van der Waals surface area contributed by atoms with Crippen LogP contribution in [0.3, 0.4) is 0 Å². The SMILES string of the molecule is Cn1cc(/C=C2\SC(=O)NC2=O)c2cc([N+](=O)[O-])ccc21. The fraction of sp³-hybridized carbons (Fsp3) is 0.0769. The van der Waals surface area contributed by atoms with Crippen LogP contribution in [0.2, 0.25) is 0 Å². The Morgan fingerprint density at radius 3 is 2.76 bits per heavy atom. The van der Waals surface area contributed by atoms with Gasteiger partial charge in [-0.15, -0.1) is 0 Å². The second-order valence-corrected chi connectivity index (χ2v) is 5.52. The lowest BCUT2D eigenvalue weighted by Crippen LogP contribution is -2.17. The molecule has 2 heterocycles. The second kappa shape index (κ2) is 4.74. The number of thioether (sulfide) groups is 1. The lowest BCUT2D eigenvalue weighted by atomic mass is 10.1. The maximum atomic E-state index is 11.6. The second-order valence-electron chi connectivity index (χ2n) is 4.51. The van der Waals surface area contributed by atoms with Gasteiger partial charge in [-0.05, 0) is 23.9 Å². The van der Waals surface area contributed by atoms with Crippen LogP contribution in [-0.4, -0.2) is 20.6 Å². The zero-order valence-corrected chi connectivity index (χ0v) is 11.6. The van der Waals surface area contributed by atoms with E-state index in [0.717, 1.165) is 17.3 Å². The Kier molecular flexibility index (Phi) is 3.02. The normalized spacial score (nSPS) is 16.7. The van der Waals surface area contributed by atoms with E-state index in [0.29, 0.717) is 10.9 Å². The molecule has 1 aromatic heterocycles. The van der Waals surface area contributed by atoms with E-state index < -0.39 is 16.1 Å².